The highest BCUT2D eigenvalue weighted by molar-refractivity contribution is 9.10. The van der Waals surface area contributed by atoms with E-state index in [0.717, 1.165) is 0 Å². The third-order valence-electron chi connectivity index (χ3n) is 2.44. The summed E-state index contributed by atoms with van der Waals surface area (Å²) >= 11 is 3.20. The molecule has 8 heteroatoms. The van der Waals surface area contributed by atoms with Gasteiger partial charge in [-0.3, -0.25) is 4.79 Å². The Hall–Kier alpha value is -2.92. The third kappa shape index (κ3) is 4.29. The molecule has 3 N–H and O–H groups in total. The number of aromatic hydroxyl groups is 1. The van der Waals surface area contributed by atoms with Crippen LogP contribution in [-0.2, 0) is 4.79 Å². The van der Waals surface area contributed by atoms with E-state index in [1.165, 1.54) is 30.7 Å². The molecule has 0 spiro atoms. The molecule has 1 amide bonds. The SMILES string of the molecule is N#C/C(=C/Nc1ncc(Br)cn1)C(=O)Nc1cccc(O)c1. The lowest BCUT2D eigenvalue weighted by atomic mass is 10.2. The summed E-state index contributed by atoms with van der Waals surface area (Å²) in [6.07, 6.45) is 4.27. The van der Waals surface area contributed by atoms with Gasteiger partial charge >= 0.3 is 0 Å². The molecule has 0 aliphatic heterocycles. The molecule has 0 radical (unpaired) electrons. The number of nitriles is 1. The maximum absolute atomic E-state index is 12.0. The molecule has 0 bridgehead atoms. The first-order valence-corrected chi connectivity index (χ1v) is 6.82. The smallest absolute Gasteiger partial charge is 0.267 e. The van der Waals surface area contributed by atoms with Crippen LogP contribution < -0.4 is 10.6 Å². The summed E-state index contributed by atoms with van der Waals surface area (Å²) < 4.78 is 0.712. The Kier molecular flexibility index (Phi) is 5.06. The number of phenolic OH excluding ortho intramolecular Hbond substituents is 1. The van der Waals surface area contributed by atoms with Crippen LogP contribution >= 0.6 is 15.9 Å². The Bertz CT molecular complexity index is 753. The summed E-state index contributed by atoms with van der Waals surface area (Å²) in [5, 5.41) is 23.5. The lowest BCUT2D eigenvalue weighted by molar-refractivity contribution is -0.112. The molecule has 1 heterocycles. The standard InChI is InChI=1S/C14H10BrN5O2/c15-10-7-18-14(19-8-10)17-6-9(5-16)13(22)20-11-2-1-3-12(21)4-11/h1-4,6-8,21H,(H,20,22)(H,17,18,19)/b9-6-. The van der Waals surface area contributed by atoms with Crippen LogP contribution in [0.2, 0.25) is 0 Å². The van der Waals surface area contributed by atoms with Crippen molar-refractivity contribution < 1.29 is 9.90 Å². The number of nitrogens with one attached hydrogen (secondary N) is 2. The van der Waals surface area contributed by atoms with E-state index in [-0.39, 0.29) is 17.3 Å². The molecule has 0 aliphatic carbocycles. The van der Waals surface area contributed by atoms with Crippen molar-refractivity contribution in [2.24, 2.45) is 0 Å². The van der Waals surface area contributed by atoms with Gasteiger partial charge in [0.05, 0.1) is 4.47 Å². The number of carbonyl (C=O) groups excluding carboxylic acids is 1. The number of hydrogen-bond donors (Lipinski definition) is 3. The number of aromatic nitrogens is 2. The van der Waals surface area contributed by atoms with E-state index in [0.29, 0.717) is 10.2 Å². The van der Waals surface area contributed by atoms with E-state index in [1.807, 2.05) is 0 Å². The number of rotatable bonds is 4. The zero-order valence-corrected chi connectivity index (χ0v) is 12.7. The van der Waals surface area contributed by atoms with E-state index in [1.54, 1.807) is 18.2 Å². The van der Waals surface area contributed by atoms with Crippen LogP contribution in [0.4, 0.5) is 11.6 Å². The number of halogens is 1. The highest BCUT2D eigenvalue weighted by atomic mass is 79.9. The van der Waals surface area contributed by atoms with Crippen LogP contribution in [0.25, 0.3) is 0 Å². The zero-order valence-electron chi connectivity index (χ0n) is 11.1. The number of benzene rings is 1. The fourth-order valence-corrected chi connectivity index (χ4v) is 1.66. The van der Waals surface area contributed by atoms with Gasteiger partial charge in [-0.05, 0) is 28.1 Å². The summed E-state index contributed by atoms with van der Waals surface area (Å²) in [5.74, 6) is -0.347. The minimum atomic E-state index is -0.613. The Morgan fingerprint density at radius 2 is 2.09 bits per heavy atom. The molecule has 0 saturated carbocycles. The summed E-state index contributed by atoms with van der Waals surface area (Å²) in [4.78, 5) is 19.9. The molecule has 22 heavy (non-hydrogen) atoms. The highest BCUT2D eigenvalue weighted by Crippen LogP contribution is 2.16. The molecule has 2 aromatic rings. The summed E-state index contributed by atoms with van der Waals surface area (Å²) in [5.41, 5.74) is 0.223. The molecule has 1 aromatic carbocycles. The Labute approximate surface area is 134 Å². The van der Waals surface area contributed by atoms with Gasteiger partial charge in [0, 0.05) is 30.3 Å². The van der Waals surface area contributed by atoms with Crippen LogP contribution in [0, 0.1) is 11.3 Å². The predicted octanol–water partition coefficient (Wildman–Crippen LogP) is 2.40. The molecular weight excluding hydrogens is 350 g/mol. The quantitative estimate of drug-likeness (QED) is 0.570. The summed E-state index contributed by atoms with van der Waals surface area (Å²) in [7, 11) is 0. The second-order valence-corrected chi connectivity index (χ2v) is 4.96. The maximum Gasteiger partial charge on any atom is 0.267 e. The van der Waals surface area contributed by atoms with Gasteiger partial charge in [0.1, 0.15) is 17.4 Å². The van der Waals surface area contributed by atoms with Gasteiger partial charge in [-0.15, -0.1) is 0 Å². The number of hydrogen-bond acceptors (Lipinski definition) is 6. The molecule has 0 saturated heterocycles. The van der Waals surface area contributed by atoms with Gasteiger partial charge < -0.3 is 15.7 Å². The molecule has 0 atom stereocenters. The molecule has 0 fully saturated rings. The first kappa shape index (κ1) is 15.5. The minimum absolute atomic E-state index is 0.0154. The van der Waals surface area contributed by atoms with Crippen LogP contribution in [0.5, 0.6) is 5.75 Å². The Morgan fingerprint density at radius 3 is 2.73 bits per heavy atom. The number of nitrogens with zero attached hydrogens (tertiary/aromatic N) is 3. The van der Waals surface area contributed by atoms with E-state index in [4.69, 9.17) is 5.26 Å². The lowest BCUT2D eigenvalue weighted by Crippen LogP contribution is -2.14. The normalized spacial score (nSPS) is 10.6. The van der Waals surface area contributed by atoms with Crippen molar-refractivity contribution in [1.29, 1.82) is 5.26 Å². The van der Waals surface area contributed by atoms with Gasteiger partial charge in [0.25, 0.3) is 5.91 Å². The number of phenols is 1. The van der Waals surface area contributed by atoms with Crippen molar-refractivity contribution in [2.75, 3.05) is 10.6 Å². The van der Waals surface area contributed by atoms with E-state index < -0.39 is 5.91 Å². The van der Waals surface area contributed by atoms with Gasteiger partial charge in [0.2, 0.25) is 5.95 Å². The number of anilines is 2. The van der Waals surface area contributed by atoms with Crippen molar-refractivity contribution in [1.82, 2.24) is 9.97 Å². The molecule has 110 valence electrons. The average molecular weight is 360 g/mol. The average Bonchev–Trinajstić information content (AvgIpc) is 2.49. The van der Waals surface area contributed by atoms with Gasteiger partial charge in [-0.25, -0.2) is 9.97 Å². The Balaban J connectivity index is 2.07. The topological polar surface area (TPSA) is 111 Å². The third-order valence-corrected chi connectivity index (χ3v) is 2.84. The second kappa shape index (κ2) is 7.19. The first-order valence-electron chi connectivity index (χ1n) is 6.03. The van der Waals surface area contributed by atoms with Crippen molar-refractivity contribution in [3.63, 3.8) is 0 Å². The first-order chi connectivity index (χ1) is 10.6. The van der Waals surface area contributed by atoms with Gasteiger partial charge in [-0.2, -0.15) is 5.26 Å². The van der Waals surface area contributed by atoms with Crippen LogP contribution in [0.3, 0.4) is 0 Å². The van der Waals surface area contributed by atoms with Crippen molar-refractivity contribution in [2.45, 2.75) is 0 Å². The van der Waals surface area contributed by atoms with E-state index in [2.05, 4.69) is 36.5 Å². The lowest BCUT2D eigenvalue weighted by Gasteiger charge is -2.05. The Morgan fingerprint density at radius 1 is 1.36 bits per heavy atom. The monoisotopic (exact) mass is 359 g/mol. The molecule has 2 rings (SSSR count). The summed E-state index contributed by atoms with van der Waals surface area (Å²) in [6, 6.07) is 7.80. The number of amides is 1. The highest BCUT2D eigenvalue weighted by Gasteiger charge is 2.09. The fourth-order valence-electron chi connectivity index (χ4n) is 1.45. The van der Waals surface area contributed by atoms with Gasteiger partial charge in [0.15, 0.2) is 0 Å². The van der Waals surface area contributed by atoms with Crippen LogP contribution in [0.1, 0.15) is 0 Å². The molecule has 0 aliphatic rings. The van der Waals surface area contributed by atoms with Crippen LogP contribution in [-0.4, -0.2) is 21.0 Å². The summed E-state index contributed by atoms with van der Waals surface area (Å²) in [6.45, 7) is 0. The van der Waals surface area contributed by atoms with E-state index >= 15 is 0 Å². The number of carbonyl (C=O) groups is 1. The molecular formula is C14H10BrN5O2. The molecule has 7 nitrogen and oxygen atoms in total. The molecule has 0 unspecified atom stereocenters. The molecule has 1 aromatic heterocycles. The van der Waals surface area contributed by atoms with Crippen molar-refractivity contribution >= 4 is 33.5 Å². The van der Waals surface area contributed by atoms with Crippen molar-refractivity contribution in [3.05, 3.63) is 52.9 Å². The largest absolute Gasteiger partial charge is 0.508 e. The van der Waals surface area contributed by atoms with Crippen molar-refractivity contribution in [3.8, 4) is 11.8 Å². The van der Waals surface area contributed by atoms with Gasteiger partial charge in [-0.1, -0.05) is 6.07 Å². The minimum Gasteiger partial charge on any atom is -0.508 e. The second-order valence-electron chi connectivity index (χ2n) is 4.04. The maximum atomic E-state index is 12.0. The van der Waals surface area contributed by atoms with Crippen LogP contribution in [0.15, 0.2) is 52.9 Å². The van der Waals surface area contributed by atoms with E-state index in [9.17, 15) is 9.90 Å². The fraction of sp³-hybridized carbons (Fsp3) is 0. The predicted molar refractivity (Wildman–Crippen MR) is 83.8 cm³/mol. The zero-order chi connectivity index (χ0) is 15.9.